The molecule has 0 amide bonds. The van der Waals surface area contributed by atoms with Crippen LogP contribution in [0.3, 0.4) is 0 Å². The van der Waals surface area contributed by atoms with Gasteiger partial charge in [-0.2, -0.15) is 12.1 Å². The van der Waals surface area contributed by atoms with Crippen LogP contribution >= 0.6 is 17.0 Å². The Balaban J connectivity index is 0.000000201. The fourth-order valence-electron chi connectivity index (χ4n) is 10.3. The SMILES string of the molecule is CCc1ccc(-c2cccc3[cH-]c(CC4(CC)CCCCCC4)cc23)cc1.CCc1ccc(-c2cccc3[cH-]c(CC4(CC)CCCCCC4)cc23)cc1.C[Si]C.[Cl][Zr+2][Cl]. The maximum absolute atomic E-state index is 4.93. The van der Waals surface area contributed by atoms with Gasteiger partial charge in [-0.1, -0.05) is 177 Å². The van der Waals surface area contributed by atoms with Crippen LogP contribution in [0.2, 0.25) is 13.1 Å². The van der Waals surface area contributed by atoms with Crippen LogP contribution in [0.4, 0.5) is 0 Å². The van der Waals surface area contributed by atoms with Crippen LogP contribution in [0.25, 0.3) is 43.8 Å². The molecule has 318 valence electrons. The molecule has 0 atom stereocenters. The first-order valence-electron chi connectivity index (χ1n) is 23.4. The van der Waals surface area contributed by atoms with Crippen molar-refractivity contribution in [3.8, 4) is 22.3 Å². The van der Waals surface area contributed by atoms with Crippen LogP contribution in [-0.2, 0) is 46.5 Å². The minimum atomic E-state index is -0.826. The number of rotatable bonds is 10. The molecular formula is C56H72Cl2SiZr. The van der Waals surface area contributed by atoms with Crippen molar-refractivity contribution in [2.75, 3.05) is 0 Å². The summed E-state index contributed by atoms with van der Waals surface area (Å²) in [5.41, 5.74) is 12.4. The van der Waals surface area contributed by atoms with Gasteiger partial charge in [-0.05, 0) is 84.5 Å². The van der Waals surface area contributed by atoms with Gasteiger partial charge in [0.2, 0.25) is 0 Å². The van der Waals surface area contributed by atoms with E-state index in [1.807, 2.05) is 0 Å². The average molecular weight is 935 g/mol. The van der Waals surface area contributed by atoms with Gasteiger partial charge in [-0.15, -0.1) is 69.1 Å². The van der Waals surface area contributed by atoms with Gasteiger partial charge in [-0.3, -0.25) is 0 Å². The predicted octanol–water partition coefficient (Wildman–Crippen LogP) is 18.3. The Hall–Kier alpha value is -2.22. The minimum absolute atomic E-state index is 0.532. The summed E-state index contributed by atoms with van der Waals surface area (Å²) in [6, 6.07) is 41.7. The van der Waals surface area contributed by atoms with Gasteiger partial charge in [0.25, 0.3) is 0 Å². The standard InChI is InChI=1S/2C27H33.C2H6Si.2ClH.Zr/c2*1-3-21-12-14-23(15-13-21)25-11-9-10-24-18-22(19-26(24)25)20-27(4-2)16-7-5-6-8-17-27;1-3-2;;;/h2*9-15,18-19H,3-8,16-17,20H2,1-2H3;1-2H3;2*1H;/q2*-1;;;;+4/p-2. The van der Waals surface area contributed by atoms with Gasteiger partial charge in [-0.25, -0.2) is 0 Å². The van der Waals surface area contributed by atoms with Crippen LogP contribution in [0.5, 0.6) is 0 Å². The summed E-state index contributed by atoms with van der Waals surface area (Å²) >= 11 is -0.826. The van der Waals surface area contributed by atoms with Crippen molar-refractivity contribution < 1.29 is 20.8 Å². The third kappa shape index (κ3) is 13.4. The molecule has 2 saturated carbocycles. The molecule has 0 spiro atoms. The number of fused-ring (bicyclic) bond motifs is 2. The van der Waals surface area contributed by atoms with Crippen LogP contribution in [0, 0.1) is 10.8 Å². The molecule has 4 heteroatoms. The van der Waals surface area contributed by atoms with E-state index in [1.165, 1.54) is 158 Å². The Kier molecular flexibility index (Phi) is 20.5. The maximum atomic E-state index is 4.93. The van der Waals surface area contributed by atoms with Gasteiger partial charge in [0.15, 0.2) is 0 Å². The van der Waals surface area contributed by atoms with E-state index in [9.17, 15) is 0 Å². The van der Waals surface area contributed by atoms with E-state index in [4.69, 9.17) is 17.0 Å². The number of aryl methyl sites for hydroxylation is 2. The molecule has 0 unspecified atom stereocenters. The molecule has 0 saturated heterocycles. The third-order valence-corrected chi connectivity index (χ3v) is 14.0. The molecule has 2 radical (unpaired) electrons. The summed E-state index contributed by atoms with van der Waals surface area (Å²) in [6.45, 7) is 13.6. The molecule has 2 fully saturated rings. The molecule has 2 aliphatic rings. The van der Waals surface area contributed by atoms with Crippen LogP contribution in [-0.4, -0.2) is 9.52 Å². The van der Waals surface area contributed by atoms with Crippen molar-refractivity contribution >= 4 is 48.1 Å². The monoisotopic (exact) mass is 932 g/mol. The molecule has 2 aliphatic carbocycles. The molecule has 0 aliphatic heterocycles. The van der Waals surface area contributed by atoms with Gasteiger partial charge in [0, 0.05) is 9.52 Å². The Bertz CT molecular complexity index is 1950. The molecule has 0 N–H and O–H groups in total. The van der Waals surface area contributed by atoms with Crippen molar-refractivity contribution in [3.05, 3.63) is 131 Å². The van der Waals surface area contributed by atoms with E-state index < -0.39 is 20.8 Å². The molecule has 0 bridgehead atoms. The zero-order valence-corrected chi connectivity index (χ0v) is 42.8. The van der Waals surface area contributed by atoms with Gasteiger partial charge < -0.3 is 0 Å². The fraction of sp³-hybridized carbons (Fsp3) is 0.464. The summed E-state index contributed by atoms with van der Waals surface area (Å²) in [5, 5.41) is 5.66. The summed E-state index contributed by atoms with van der Waals surface area (Å²) < 4.78 is 0. The van der Waals surface area contributed by atoms with Crippen LogP contribution < -0.4 is 0 Å². The Morgan fingerprint density at radius 2 is 0.850 bits per heavy atom. The summed E-state index contributed by atoms with van der Waals surface area (Å²) in [5.74, 6) is 0. The van der Waals surface area contributed by atoms with Crippen molar-refractivity contribution in [2.24, 2.45) is 10.8 Å². The second-order valence-corrected chi connectivity index (χ2v) is 22.6. The average Bonchev–Trinajstić information content (AvgIpc) is 3.70. The second-order valence-electron chi connectivity index (χ2n) is 17.9. The molecule has 0 aromatic heterocycles. The Morgan fingerprint density at radius 3 is 1.15 bits per heavy atom. The Morgan fingerprint density at radius 1 is 0.517 bits per heavy atom. The van der Waals surface area contributed by atoms with E-state index in [2.05, 4.69) is 150 Å². The van der Waals surface area contributed by atoms with Crippen molar-refractivity contribution in [1.82, 2.24) is 0 Å². The van der Waals surface area contributed by atoms with E-state index in [1.54, 1.807) is 11.1 Å². The van der Waals surface area contributed by atoms with Gasteiger partial charge >= 0.3 is 37.9 Å². The Labute approximate surface area is 386 Å². The topological polar surface area (TPSA) is 0 Å². The van der Waals surface area contributed by atoms with Crippen molar-refractivity contribution in [1.29, 1.82) is 0 Å². The van der Waals surface area contributed by atoms with Gasteiger partial charge in [0.1, 0.15) is 0 Å². The molecule has 6 aromatic rings. The zero-order chi connectivity index (χ0) is 42.8. The first-order valence-corrected chi connectivity index (χ1v) is 31.7. The number of hydrogen-bond acceptors (Lipinski definition) is 0. The van der Waals surface area contributed by atoms with Crippen molar-refractivity contribution in [2.45, 2.75) is 156 Å². The summed E-state index contributed by atoms with van der Waals surface area (Å²) in [4.78, 5) is 0. The summed E-state index contributed by atoms with van der Waals surface area (Å²) in [6.07, 6.45) is 24.4. The first-order chi connectivity index (χ1) is 29.3. The molecular weight excluding hydrogens is 863 g/mol. The molecule has 0 heterocycles. The molecule has 60 heavy (non-hydrogen) atoms. The normalized spacial score (nSPS) is 15.9. The molecule has 8 rings (SSSR count). The second kappa shape index (κ2) is 25.2. The number of benzene rings is 4. The van der Waals surface area contributed by atoms with E-state index in [-0.39, 0.29) is 0 Å². The van der Waals surface area contributed by atoms with Gasteiger partial charge in [0.05, 0.1) is 0 Å². The van der Waals surface area contributed by atoms with Crippen LogP contribution in [0.15, 0.2) is 109 Å². The summed E-state index contributed by atoms with van der Waals surface area (Å²) in [7, 11) is 11.0. The predicted molar refractivity (Wildman–Crippen MR) is 266 cm³/mol. The van der Waals surface area contributed by atoms with Crippen molar-refractivity contribution in [3.63, 3.8) is 0 Å². The zero-order valence-electron chi connectivity index (χ0n) is 37.9. The van der Waals surface area contributed by atoms with E-state index in [0.717, 1.165) is 22.4 Å². The first kappa shape index (κ1) is 48.8. The van der Waals surface area contributed by atoms with Crippen LogP contribution in [0.1, 0.15) is 140 Å². The number of halogens is 2. The molecule has 0 nitrogen and oxygen atoms in total. The molecule has 6 aromatic carbocycles. The third-order valence-electron chi connectivity index (χ3n) is 14.0. The number of hydrogen-bond donors (Lipinski definition) is 0. The van der Waals surface area contributed by atoms with E-state index >= 15 is 0 Å². The quantitative estimate of drug-likeness (QED) is 0.0729. The van der Waals surface area contributed by atoms with E-state index in [0.29, 0.717) is 10.8 Å². The fourth-order valence-corrected chi connectivity index (χ4v) is 10.3.